The number of carbonyl (C=O) groups is 3. The Labute approximate surface area is 175 Å². The molecular weight excluding hydrogens is 382 g/mol. The Balaban J connectivity index is 1.43. The van der Waals surface area contributed by atoms with Crippen LogP contribution in [0.15, 0.2) is 66.4 Å². The minimum Gasteiger partial charge on any atom is -0.462 e. The smallest absolute Gasteiger partial charge is 0.338 e. The lowest BCUT2D eigenvalue weighted by Crippen LogP contribution is -2.47. The van der Waals surface area contributed by atoms with Crippen LogP contribution in [-0.2, 0) is 14.3 Å². The molecule has 2 aromatic rings. The number of amides is 2. The first-order valence-corrected chi connectivity index (χ1v) is 10.0. The molecule has 4 rings (SSSR count). The van der Waals surface area contributed by atoms with E-state index >= 15 is 0 Å². The standard InChI is InChI=1S/C23H23N3O4/c1-2-30-23(29)17-8-10-19(11-9-17)26-21(27)16-20(22(26)28)25-14-12-24(13-15-25)18-6-4-3-5-7-18/h3-11,16H,2,12-15H2,1H3. The maximum Gasteiger partial charge on any atom is 0.338 e. The largest absolute Gasteiger partial charge is 0.462 e. The number of hydrogen-bond donors (Lipinski definition) is 0. The molecule has 1 saturated heterocycles. The van der Waals surface area contributed by atoms with Crippen molar-refractivity contribution in [2.75, 3.05) is 42.6 Å². The van der Waals surface area contributed by atoms with Gasteiger partial charge in [0.25, 0.3) is 11.8 Å². The molecule has 0 aliphatic carbocycles. The predicted octanol–water partition coefficient (Wildman–Crippen LogP) is 2.44. The average Bonchev–Trinajstić information content (AvgIpc) is 3.08. The van der Waals surface area contributed by atoms with E-state index in [0.29, 0.717) is 30.0 Å². The van der Waals surface area contributed by atoms with Gasteiger partial charge in [-0.2, -0.15) is 0 Å². The van der Waals surface area contributed by atoms with Gasteiger partial charge in [-0.25, -0.2) is 9.69 Å². The van der Waals surface area contributed by atoms with Crippen LogP contribution in [0.1, 0.15) is 17.3 Å². The van der Waals surface area contributed by atoms with Gasteiger partial charge in [0.05, 0.1) is 17.9 Å². The van der Waals surface area contributed by atoms with E-state index < -0.39 is 5.97 Å². The normalized spacial score (nSPS) is 16.7. The number of hydrogen-bond acceptors (Lipinski definition) is 6. The highest BCUT2D eigenvalue weighted by molar-refractivity contribution is 6.30. The second kappa shape index (κ2) is 8.41. The van der Waals surface area contributed by atoms with Crippen LogP contribution in [0.5, 0.6) is 0 Å². The van der Waals surface area contributed by atoms with E-state index in [1.54, 1.807) is 31.2 Å². The van der Waals surface area contributed by atoms with Gasteiger partial charge in [0, 0.05) is 37.9 Å². The van der Waals surface area contributed by atoms with Crippen molar-refractivity contribution in [2.24, 2.45) is 0 Å². The van der Waals surface area contributed by atoms with E-state index in [1.165, 1.54) is 6.08 Å². The fourth-order valence-electron chi connectivity index (χ4n) is 3.73. The summed E-state index contributed by atoms with van der Waals surface area (Å²) < 4.78 is 4.97. The van der Waals surface area contributed by atoms with Gasteiger partial charge in [-0.05, 0) is 43.3 Å². The number of rotatable bonds is 5. The number of anilines is 2. The van der Waals surface area contributed by atoms with Crippen LogP contribution in [0.3, 0.4) is 0 Å². The van der Waals surface area contributed by atoms with Crippen molar-refractivity contribution >= 4 is 29.2 Å². The molecule has 2 heterocycles. The minimum absolute atomic E-state index is 0.286. The van der Waals surface area contributed by atoms with Crippen LogP contribution in [0.25, 0.3) is 0 Å². The quantitative estimate of drug-likeness (QED) is 0.562. The number of ether oxygens (including phenoxy) is 1. The molecule has 0 N–H and O–H groups in total. The molecule has 0 atom stereocenters. The fraction of sp³-hybridized carbons (Fsp3) is 0.261. The van der Waals surface area contributed by atoms with Crippen molar-refractivity contribution in [3.63, 3.8) is 0 Å². The second-order valence-electron chi connectivity index (χ2n) is 7.09. The SMILES string of the molecule is CCOC(=O)c1ccc(N2C(=O)C=C(N3CCN(c4ccccc4)CC3)C2=O)cc1. The maximum absolute atomic E-state index is 13.0. The van der Waals surface area contributed by atoms with Crippen molar-refractivity contribution in [3.05, 3.63) is 71.9 Å². The minimum atomic E-state index is -0.432. The van der Waals surface area contributed by atoms with Crippen LogP contribution in [0.4, 0.5) is 11.4 Å². The molecule has 0 aromatic heterocycles. The topological polar surface area (TPSA) is 70.2 Å². The molecule has 2 aromatic carbocycles. The van der Waals surface area contributed by atoms with Crippen LogP contribution in [0, 0.1) is 0 Å². The highest BCUT2D eigenvalue weighted by Gasteiger charge is 2.36. The molecule has 2 amide bonds. The van der Waals surface area contributed by atoms with Gasteiger partial charge < -0.3 is 14.5 Å². The zero-order valence-electron chi connectivity index (χ0n) is 16.8. The fourth-order valence-corrected chi connectivity index (χ4v) is 3.73. The summed E-state index contributed by atoms with van der Waals surface area (Å²) in [6, 6.07) is 16.4. The van der Waals surface area contributed by atoms with Gasteiger partial charge in [-0.3, -0.25) is 9.59 Å². The van der Waals surface area contributed by atoms with E-state index in [4.69, 9.17) is 4.74 Å². The van der Waals surface area contributed by atoms with Crippen LogP contribution >= 0.6 is 0 Å². The third kappa shape index (κ3) is 3.78. The van der Waals surface area contributed by atoms with Gasteiger partial charge >= 0.3 is 5.97 Å². The number of imide groups is 1. The number of carbonyl (C=O) groups excluding carboxylic acids is 3. The first-order chi connectivity index (χ1) is 14.6. The van der Waals surface area contributed by atoms with Gasteiger partial charge in [0.1, 0.15) is 5.70 Å². The van der Waals surface area contributed by atoms with Crippen LogP contribution in [-0.4, -0.2) is 55.5 Å². The van der Waals surface area contributed by atoms with Crippen molar-refractivity contribution in [2.45, 2.75) is 6.92 Å². The zero-order valence-corrected chi connectivity index (χ0v) is 16.8. The lowest BCUT2D eigenvalue weighted by molar-refractivity contribution is -0.121. The van der Waals surface area contributed by atoms with Crippen LogP contribution in [0.2, 0.25) is 0 Å². The Hall–Kier alpha value is -3.61. The first-order valence-electron chi connectivity index (χ1n) is 10.0. The summed E-state index contributed by atoms with van der Waals surface area (Å²) in [5.41, 5.74) is 2.39. The van der Waals surface area contributed by atoms with Gasteiger partial charge in [0.15, 0.2) is 0 Å². The lowest BCUT2D eigenvalue weighted by atomic mass is 10.2. The molecular formula is C23H23N3O4. The molecule has 2 aliphatic heterocycles. The summed E-state index contributed by atoms with van der Waals surface area (Å²) in [7, 11) is 0. The summed E-state index contributed by atoms with van der Waals surface area (Å²) in [6.07, 6.45) is 1.40. The summed E-state index contributed by atoms with van der Waals surface area (Å²) in [5.74, 6) is -1.14. The molecule has 0 bridgehead atoms. The Morgan fingerprint density at radius 2 is 1.50 bits per heavy atom. The number of benzene rings is 2. The van der Waals surface area contributed by atoms with Crippen molar-refractivity contribution < 1.29 is 19.1 Å². The molecule has 0 unspecified atom stereocenters. The highest BCUT2D eigenvalue weighted by Crippen LogP contribution is 2.26. The van der Waals surface area contributed by atoms with E-state index in [9.17, 15) is 14.4 Å². The van der Waals surface area contributed by atoms with Gasteiger partial charge in [0.2, 0.25) is 0 Å². The van der Waals surface area contributed by atoms with E-state index in [1.807, 2.05) is 23.1 Å². The third-order valence-corrected chi connectivity index (χ3v) is 5.28. The molecule has 0 saturated carbocycles. The van der Waals surface area contributed by atoms with E-state index in [-0.39, 0.29) is 18.4 Å². The van der Waals surface area contributed by atoms with Crippen molar-refractivity contribution in [1.29, 1.82) is 0 Å². The third-order valence-electron chi connectivity index (χ3n) is 5.28. The Kier molecular flexibility index (Phi) is 5.52. The number of piperazine rings is 1. The van der Waals surface area contributed by atoms with Gasteiger partial charge in [-0.15, -0.1) is 0 Å². The monoisotopic (exact) mass is 405 g/mol. The molecule has 1 fully saturated rings. The summed E-state index contributed by atoms with van der Waals surface area (Å²) >= 11 is 0. The molecule has 0 spiro atoms. The van der Waals surface area contributed by atoms with Crippen molar-refractivity contribution in [1.82, 2.24) is 4.90 Å². The number of para-hydroxylation sites is 1. The van der Waals surface area contributed by atoms with E-state index in [0.717, 1.165) is 23.7 Å². The van der Waals surface area contributed by atoms with Gasteiger partial charge in [-0.1, -0.05) is 18.2 Å². The summed E-state index contributed by atoms with van der Waals surface area (Å²) in [4.78, 5) is 42.7. The lowest BCUT2D eigenvalue weighted by Gasteiger charge is -2.37. The Morgan fingerprint density at radius 3 is 2.13 bits per heavy atom. The maximum atomic E-state index is 13.0. The van der Waals surface area contributed by atoms with E-state index in [2.05, 4.69) is 17.0 Å². The summed E-state index contributed by atoms with van der Waals surface area (Å²) in [6.45, 7) is 4.90. The Morgan fingerprint density at radius 1 is 0.867 bits per heavy atom. The highest BCUT2D eigenvalue weighted by atomic mass is 16.5. The first kappa shape index (κ1) is 19.7. The molecule has 154 valence electrons. The molecule has 7 nitrogen and oxygen atoms in total. The molecule has 30 heavy (non-hydrogen) atoms. The molecule has 0 radical (unpaired) electrons. The zero-order chi connectivity index (χ0) is 21.1. The van der Waals surface area contributed by atoms with Crippen molar-refractivity contribution in [3.8, 4) is 0 Å². The predicted molar refractivity (Wildman–Crippen MR) is 113 cm³/mol. The van der Waals surface area contributed by atoms with Crippen LogP contribution < -0.4 is 9.80 Å². The average molecular weight is 405 g/mol. The second-order valence-corrected chi connectivity index (χ2v) is 7.09. The number of esters is 1. The molecule has 2 aliphatic rings. The Bertz CT molecular complexity index is 977. The number of nitrogens with zero attached hydrogens (tertiary/aromatic N) is 3. The summed E-state index contributed by atoms with van der Waals surface area (Å²) in [5, 5.41) is 0. The molecule has 7 heteroatoms.